The molecule has 0 unspecified atom stereocenters. The maximum atomic E-state index is 12.0. The topological polar surface area (TPSA) is 71.4 Å². The maximum Gasteiger partial charge on any atom is 0.319 e. The fourth-order valence-corrected chi connectivity index (χ4v) is 3.07. The number of carbonyl (C=O) groups is 1. The van der Waals surface area contributed by atoms with E-state index in [0.29, 0.717) is 6.54 Å². The highest BCUT2D eigenvalue weighted by atomic mass is 16.5. The average molecular weight is 343 g/mol. The minimum absolute atomic E-state index is 0.222. The molecule has 1 fully saturated rings. The van der Waals surface area contributed by atoms with Crippen LogP contribution in [0.2, 0.25) is 0 Å². The van der Waals surface area contributed by atoms with Crippen molar-refractivity contribution in [3.05, 3.63) is 42.2 Å². The maximum absolute atomic E-state index is 12.0. The fraction of sp³-hybridized carbons (Fsp3) is 0.444. The number of morpholine rings is 1. The van der Waals surface area contributed by atoms with Crippen LogP contribution in [-0.2, 0) is 18.3 Å². The number of urea groups is 1. The van der Waals surface area contributed by atoms with Gasteiger partial charge in [-0.05, 0) is 38.1 Å². The van der Waals surface area contributed by atoms with Crippen LogP contribution in [0, 0.1) is 0 Å². The number of nitrogens with one attached hydrogen (secondary N) is 2. The molecular weight excluding hydrogens is 318 g/mol. The fourth-order valence-electron chi connectivity index (χ4n) is 3.07. The molecule has 7 nitrogen and oxygen atoms in total. The molecule has 25 heavy (non-hydrogen) atoms. The first-order valence-electron chi connectivity index (χ1n) is 8.52. The Morgan fingerprint density at radius 3 is 2.52 bits per heavy atom. The zero-order valence-corrected chi connectivity index (χ0v) is 14.9. The number of carbonyl (C=O) groups excluding carboxylic acids is 1. The summed E-state index contributed by atoms with van der Waals surface area (Å²) in [6.45, 7) is 6.38. The number of nitrogens with zero attached hydrogens (tertiary/aromatic N) is 3. The number of ether oxygens (including phenoxy) is 1. The minimum atomic E-state index is -0.231. The average Bonchev–Trinajstić information content (AvgIpc) is 2.98. The number of hydrogen-bond acceptors (Lipinski definition) is 4. The molecular formula is C18H25N5O2. The van der Waals surface area contributed by atoms with E-state index in [4.69, 9.17) is 4.74 Å². The number of hydrogen-bond donors (Lipinski definition) is 2. The molecule has 0 saturated carbocycles. The summed E-state index contributed by atoms with van der Waals surface area (Å²) >= 11 is 0. The van der Waals surface area contributed by atoms with E-state index in [0.717, 1.165) is 30.0 Å². The van der Waals surface area contributed by atoms with Gasteiger partial charge in [-0.1, -0.05) is 0 Å². The van der Waals surface area contributed by atoms with Gasteiger partial charge in [0.05, 0.1) is 18.4 Å². The summed E-state index contributed by atoms with van der Waals surface area (Å²) in [6, 6.07) is 7.67. The van der Waals surface area contributed by atoms with Crippen LogP contribution in [0.5, 0.6) is 0 Å². The van der Waals surface area contributed by atoms with Crippen LogP contribution < -0.4 is 15.5 Å². The van der Waals surface area contributed by atoms with Crippen LogP contribution in [-0.4, -0.2) is 41.1 Å². The Bertz CT molecular complexity index is 703. The molecule has 1 saturated heterocycles. The molecule has 1 aliphatic rings. The third-order valence-electron chi connectivity index (χ3n) is 4.12. The van der Waals surface area contributed by atoms with Crippen LogP contribution in [0.25, 0.3) is 0 Å². The van der Waals surface area contributed by atoms with Crippen molar-refractivity contribution in [2.45, 2.75) is 32.6 Å². The van der Waals surface area contributed by atoms with Gasteiger partial charge in [-0.3, -0.25) is 4.68 Å². The number of aryl methyl sites for hydroxylation is 1. The number of rotatable bonds is 4. The number of anilines is 2. The first-order valence-corrected chi connectivity index (χ1v) is 8.52. The van der Waals surface area contributed by atoms with Gasteiger partial charge in [0.1, 0.15) is 0 Å². The van der Waals surface area contributed by atoms with Crippen molar-refractivity contribution >= 4 is 17.4 Å². The van der Waals surface area contributed by atoms with Gasteiger partial charge in [-0.15, -0.1) is 0 Å². The highest BCUT2D eigenvalue weighted by Crippen LogP contribution is 2.22. The van der Waals surface area contributed by atoms with Crippen molar-refractivity contribution in [3.8, 4) is 0 Å². The van der Waals surface area contributed by atoms with E-state index in [1.54, 1.807) is 10.9 Å². The SMILES string of the molecule is C[C@@H]1CN(c2ccc(NC(=O)NCc3cnn(C)c3)cc2)C[C@@H](C)O1. The summed E-state index contributed by atoms with van der Waals surface area (Å²) in [4.78, 5) is 14.3. The summed E-state index contributed by atoms with van der Waals surface area (Å²) in [7, 11) is 1.85. The summed E-state index contributed by atoms with van der Waals surface area (Å²) in [6.07, 6.45) is 4.05. The van der Waals surface area contributed by atoms with Crippen molar-refractivity contribution in [1.29, 1.82) is 0 Å². The molecule has 0 spiro atoms. The highest BCUT2D eigenvalue weighted by Gasteiger charge is 2.22. The lowest BCUT2D eigenvalue weighted by Gasteiger charge is -2.36. The molecule has 7 heteroatoms. The van der Waals surface area contributed by atoms with E-state index < -0.39 is 0 Å². The van der Waals surface area contributed by atoms with Gasteiger partial charge in [0.2, 0.25) is 0 Å². The third-order valence-corrected chi connectivity index (χ3v) is 4.12. The van der Waals surface area contributed by atoms with Crippen LogP contribution in [0.4, 0.5) is 16.2 Å². The second kappa shape index (κ2) is 7.57. The zero-order chi connectivity index (χ0) is 17.8. The van der Waals surface area contributed by atoms with Gasteiger partial charge in [0.25, 0.3) is 0 Å². The smallest absolute Gasteiger partial charge is 0.319 e. The highest BCUT2D eigenvalue weighted by molar-refractivity contribution is 5.89. The van der Waals surface area contributed by atoms with E-state index in [1.165, 1.54) is 0 Å². The quantitative estimate of drug-likeness (QED) is 0.894. The minimum Gasteiger partial charge on any atom is -0.372 e. The van der Waals surface area contributed by atoms with Crippen LogP contribution in [0.1, 0.15) is 19.4 Å². The summed E-state index contributed by atoms with van der Waals surface area (Å²) in [5.41, 5.74) is 2.87. The molecule has 3 rings (SSSR count). The summed E-state index contributed by atoms with van der Waals surface area (Å²) < 4.78 is 7.48. The first kappa shape index (κ1) is 17.3. The molecule has 0 bridgehead atoms. The monoisotopic (exact) mass is 343 g/mol. The van der Waals surface area contributed by atoms with Crippen LogP contribution in [0.15, 0.2) is 36.7 Å². The van der Waals surface area contributed by atoms with Gasteiger partial charge in [0, 0.05) is 49.8 Å². The third kappa shape index (κ3) is 4.73. The van der Waals surface area contributed by atoms with Gasteiger partial charge < -0.3 is 20.3 Å². The van der Waals surface area contributed by atoms with Crippen molar-refractivity contribution in [3.63, 3.8) is 0 Å². The van der Waals surface area contributed by atoms with Gasteiger partial charge in [-0.25, -0.2) is 4.79 Å². The number of aromatic nitrogens is 2. The van der Waals surface area contributed by atoms with E-state index in [-0.39, 0.29) is 18.2 Å². The molecule has 1 aromatic heterocycles. The molecule has 1 aliphatic heterocycles. The Hall–Kier alpha value is -2.54. The Kier molecular flexibility index (Phi) is 5.23. The van der Waals surface area contributed by atoms with Crippen molar-refractivity contribution in [2.24, 2.45) is 7.05 Å². The second-order valence-corrected chi connectivity index (χ2v) is 6.54. The standard InChI is InChI=1S/C18H25N5O2/c1-13-10-23(11-14(2)25-13)17-6-4-16(5-7-17)21-18(24)19-8-15-9-20-22(3)12-15/h4-7,9,12-14H,8,10-11H2,1-3H3,(H2,19,21,24)/t13-,14-/m1/s1. The Morgan fingerprint density at radius 1 is 1.24 bits per heavy atom. The Balaban J connectivity index is 1.52. The number of amides is 2. The predicted octanol–water partition coefficient (Wildman–Crippen LogP) is 2.36. The lowest BCUT2D eigenvalue weighted by molar-refractivity contribution is -0.00521. The Labute approximate surface area is 148 Å². The number of benzene rings is 1. The largest absolute Gasteiger partial charge is 0.372 e. The lowest BCUT2D eigenvalue weighted by atomic mass is 10.2. The van der Waals surface area contributed by atoms with Crippen molar-refractivity contribution < 1.29 is 9.53 Å². The van der Waals surface area contributed by atoms with Gasteiger partial charge >= 0.3 is 6.03 Å². The predicted molar refractivity (Wildman–Crippen MR) is 97.7 cm³/mol. The van der Waals surface area contributed by atoms with Crippen molar-refractivity contribution in [1.82, 2.24) is 15.1 Å². The Morgan fingerprint density at radius 2 is 1.92 bits per heavy atom. The molecule has 0 radical (unpaired) electrons. The summed E-state index contributed by atoms with van der Waals surface area (Å²) in [5.74, 6) is 0. The van der Waals surface area contributed by atoms with Crippen LogP contribution in [0.3, 0.4) is 0 Å². The molecule has 2 atom stereocenters. The van der Waals surface area contributed by atoms with E-state index in [2.05, 4.69) is 34.5 Å². The van der Waals surface area contributed by atoms with Gasteiger partial charge in [-0.2, -0.15) is 5.10 Å². The van der Waals surface area contributed by atoms with E-state index >= 15 is 0 Å². The second-order valence-electron chi connectivity index (χ2n) is 6.54. The first-order chi connectivity index (χ1) is 12.0. The molecule has 2 heterocycles. The summed E-state index contributed by atoms with van der Waals surface area (Å²) in [5, 5.41) is 9.74. The molecule has 134 valence electrons. The molecule has 2 N–H and O–H groups in total. The molecule has 2 amide bonds. The van der Waals surface area contributed by atoms with E-state index in [9.17, 15) is 4.79 Å². The molecule has 2 aromatic rings. The normalized spacial score (nSPS) is 20.4. The lowest BCUT2D eigenvalue weighted by Crippen LogP contribution is -2.45. The molecule has 1 aromatic carbocycles. The molecule has 0 aliphatic carbocycles. The van der Waals surface area contributed by atoms with Crippen LogP contribution >= 0.6 is 0 Å². The van der Waals surface area contributed by atoms with Crippen molar-refractivity contribution in [2.75, 3.05) is 23.3 Å². The van der Waals surface area contributed by atoms with E-state index in [1.807, 2.05) is 37.5 Å². The zero-order valence-electron chi connectivity index (χ0n) is 14.9. The van der Waals surface area contributed by atoms with Gasteiger partial charge in [0.15, 0.2) is 0 Å².